The molecule has 0 bridgehead atoms. The number of hydrogen-bond acceptors (Lipinski definition) is 2. The second-order valence-electron chi connectivity index (χ2n) is 5.01. The molecule has 4 heteroatoms. The van der Waals surface area contributed by atoms with Crippen molar-refractivity contribution in [1.82, 2.24) is 9.55 Å². The Morgan fingerprint density at radius 1 is 1.05 bits per heavy atom. The minimum atomic E-state index is -0.211. The zero-order valence-corrected chi connectivity index (χ0v) is 11.5. The van der Waals surface area contributed by atoms with Crippen LogP contribution in [0.25, 0.3) is 11.0 Å². The van der Waals surface area contributed by atoms with Crippen molar-refractivity contribution in [3.8, 4) is 0 Å². The van der Waals surface area contributed by atoms with Crippen LogP contribution in [0.5, 0.6) is 0 Å². The first-order chi connectivity index (χ1) is 9.65. The molecule has 0 spiro atoms. The maximum atomic E-state index is 13.0. The van der Waals surface area contributed by atoms with Crippen molar-refractivity contribution in [1.29, 1.82) is 0 Å². The first-order valence-electron chi connectivity index (χ1n) is 6.52. The lowest BCUT2D eigenvalue weighted by Crippen LogP contribution is -2.16. The van der Waals surface area contributed by atoms with Gasteiger partial charge in [0.15, 0.2) is 0 Å². The molecule has 0 aliphatic rings. The first kappa shape index (κ1) is 12.7. The van der Waals surface area contributed by atoms with Crippen molar-refractivity contribution in [2.24, 2.45) is 0 Å². The largest absolute Gasteiger partial charge is 0.348 e. The highest BCUT2D eigenvalue weighted by molar-refractivity contribution is 5.78. The van der Waals surface area contributed by atoms with Crippen molar-refractivity contribution >= 4 is 17.0 Å². The fraction of sp³-hybridized carbons (Fsp3) is 0.188. The summed E-state index contributed by atoms with van der Waals surface area (Å²) in [4.78, 5) is 6.63. The summed E-state index contributed by atoms with van der Waals surface area (Å²) in [7, 11) is 3.95. The number of aromatic nitrogens is 2. The van der Waals surface area contributed by atoms with Gasteiger partial charge in [-0.05, 0) is 29.8 Å². The van der Waals surface area contributed by atoms with Crippen molar-refractivity contribution in [2.75, 3.05) is 19.0 Å². The smallest absolute Gasteiger partial charge is 0.206 e. The van der Waals surface area contributed by atoms with Crippen LogP contribution < -0.4 is 4.90 Å². The maximum absolute atomic E-state index is 13.0. The first-order valence-corrected chi connectivity index (χ1v) is 6.52. The van der Waals surface area contributed by atoms with Crippen LogP contribution in [0, 0.1) is 5.82 Å². The zero-order chi connectivity index (χ0) is 14.1. The van der Waals surface area contributed by atoms with E-state index in [0.717, 1.165) is 22.5 Å². The van der Waals surface area contributed by atoms with Gasteiger partial charge in [-0.2, -0.15) is 0 Å². The van der Waals surface area contributed by atoms with E-state index >= 15 is 0 Å². The van der Waals surface area contributed by atoms with Gasteiger partial charge in [-0.25, -0.2) is 9.37 Å². The molecule has 3 rings (SSSR count). The van der Waals surface area contributed by atoms with Gasteiger partial charge in [0.2, 0.25) is 5.95 Å². The van der Waals surface area contributed by atoms with Crippen LogP contribution in [0.2, 0.25) is 0 Å². The van der Waals surface area contributed by atoms with Gasteiger partial charge >= 0.3 is 0 Å². The molecular weight excluding hydrogens is 253 g/mol. The minimum Gasteiger partial charge on any atom is -0.348 e. The molecule has 0 unspecified atom stereocenters. The number of nitrogens with zero attached hydrogens (tertiary/aromatic N) is 3. The minimum absolute atomic E-state index is 0.211. The quantitative estimate of drug-likeness (QED) is 0.727. The summed E-state index contributed by atoms with van der Waals surface area (Å²) in [5, 5.41) is 0. The Labute approximate surface area is 117 Å². The molecule has 0 N–H and O–H groups in total. The van der Waals surface area contributed by atoms with E-state index in [0.29, 0.717) is 6.54 Å². The fourth-order valence-electron chi connectivity index (χ4n) is 2.33. The summed E-state index contributed by atoms with van der Waals surface area (Å²) in [5.41, 5.74) is 3.11. The summed E-state index contributed by atoms with van der Waals surface area (Å²) in [6.07, 6.45) is 0. The molecule has 0 amide bonds. The van der Waals surface area contributed by atoms with Crippen molar-refractivity contribution < 1.29 is 4.39 Å². The summed E-state index contributed by atoms with van der Waals surface area (Å²) in [6.45, 7) is 0.675. The number of rotatable bonds is 3. The third kappa shape index (κ3) is 2.25. The normalized spacial score (nSPS) is 10.9. The molecule has 20 heavy (non-hydrogen) atoms. The van der Waals surface area contributed by atoms with E-state index < -0.39 is 0 Å². The summed E-state index contributed by atoms with van der Waals surface area (Å²) >= 11 is 0. The highest BCUT2D eigenvalue weighted by Gasteiger charge is 2.12. The topological polar surface area (TPSA) is 21.1 Å². The van der Waals surface area contributed by atoms with Crippen molar-refractivity contribution in [3.05, 3.63) is 59.9 Å². The number of halogens is 1. The predicted octanol–water partition coefficient (Wildman–Crippen LogP) is 3.29. The summed E-state index contributed by atoms with van der Waals surface area (Å²) in [5.74, 6) is 0.688. The van der Waals surface area contributed by atoms with Crippen LogP contribution in [0.3, 0.4) is 0 Å². The number of fused-ring (bicyclic) bond motifs is 1. The van der Waals surface area contributed by atoms with Gasteiger partial charge in [0.25, 0.3) is 0 Å². The number of benzene rings is 2. The molecule has 0 atom stereocenters. The molecule has 0 saturated heterocycles. The molecule has 0 saturated carbocycles. The van der Waals surface area contributed by atoms with Crippen LogP contribution in [0.4, 0.5) is 10.3 Å². The number of hydrogen-bond donors (Lipinski definition) is 0. The van der Waals surface area contributed by atoms with Gasteiger partial charge in [-0.3, -0.25) is 0 Å². The van der Waals surface area contributed by atoms with E-state index in [9.17, 15) is 4.39 Å². The van der Waals surface area contributed by atoms with Gasteiger partial charge < -0.3 is 9.47 Å². The summed E-state index contributed by atoms with van der Waals surface area (Å²) < 4.78 is 15.1. The Hall–Kier alpha value is -2.36. The Kier molecular flexibility index (Phi) is 3.14. The fourth-order valence-corrected chi connectivity index (χ4v) is 2.33. The Balaban J connectivity index is 2.09. The molecule has 2 aromatic carbocycles. The van der Waals surface area contributed by atoms with E-state index in [1.165, 1.54) is 12.1 Å². The second-order valence-corrected chi connectivity index (χ2v) is 5.01. The molecule has 0 aliphatic carbocycles. The van der Waals surface area contributed by atoms with E-state index in [1.54, 1.807) is 0 Å². The average molecular weight is 269 g/mol. The highest BCUT2D eigenvalue weighted by atomic mass is 19.1. The number of anilines is 1. The van der Waals surface area contributed by atoms with E-state index in [2.05, 4.69) is 15.6 Å². The monoisotopic (exact) mass is 269 g/mol. The van der Waals surface area contributed by atoms with Gasteiger partial charge in [0.05, 0.1) is 17.6 Å². The molecule has 102 valence electrons. The van der Waals surface area contributed by atoms with Gasteiger partial charge in [0.1, 0.15) is 5.82 Å². The molecule has 1 heterocycles. The second kappa shape index (κ2) is 4.96. The Bertz CT molecular complexity index is 729. The predicted molar refractivity (Wildman–Crippen MR) is 79.6 cm³/mol. The molecular formula is C16H16FN3. The van der Waals surface area contributed by atoms with Crippen LogP contribution >= 0.6 is 0 Å². The SMILES string of the molecule is CN(C)c1nc2ccccc2n1Cc1ccc(F)cc1. The van der Waals surface area contributed by atoms with Gasteiger partial charge in [-0.15, -0.1) is 0 Å². The van der Waals surface area contributed by atoms with Gasteiger partial charge in [-0.1, -0.05) is 24.3 Å². The maximum Gasteiger partial charge on any atom is 0.206 e. The van der Waals surface area contributed by atoms with Crippen LogP contribution in [0.15, 0.2) is 48.5 Å². The Morgan fingerprint density at radius 3 is 2.45 bits per heavy atom. The van der Waals surface area contributed by atoms with Crippen LogP contribution in [0.1, 0.15) is 5.56 Å². The van der Waals surface area contributed by atoms with Gasteiger partial charge in [0, 0.05) is 14.1 Å². The lowest BCUT2D eigenvalue weighted by molar-refractivity contribution is 0.626. The third-order valence-electron chi connectivity index (χ3n) is 3.29. The number of para-hydroxylation sites is 2. The van der Waals surface area contributed by atoms with E-state index in [1.807, 2.05) is 49.3 Å². The molecule has 3 nitrogen and oxygen atoms in total. The Morgan fingerprint density at radius 2 is 1.75 bits per heavy atom. The average Bonchev–Trinajstić information content (AvgIpc) is 2.81. The summed E-state index contributed by atoms with van der Waals surface area (Å²) in [6, 6.07) is 14.6. The van der Waals surface area contributed by atoms with E-state index in [-0.39, 0.29) is 5.82 Å². The van der Waals surface area contributed by atoms with E-state index in [4.69, 9.17) is 0 Å². The van der Waals surface area contributed by atoms with Crippen LogP contribution in [-0.4, -0.2) is 23.6 Å². The van der Waals surface area contributed by atoms with Crippen LogP contribution in [-0.2, 0) is 6.54 Å². The lowest BCUT2D eigenvalue weighted by atomic mass is 10.2. The van der Waals surface area contributed by atoms with Crippen molar-refractivity contribution in [3.63, 3.8) is 0 Å². The third-order valence-corrected chi connectivity index (χ3v) is 3.29. The highest BCUT2D eigenvalue weighted by Crippen LogP contribution is 2.22. The van der Waals surface area contributed by atoms with Crippen molar-refractivity contribution in [2.45, 2.75) is 6.54 Å². The number of imidazole rings is 1. The molecule has 0 radical (unpaired) electrons. The lowest BCUT2D eigenvalue weighted by Gasteiger charge is -2.15. The molecule has 3 aromatic rings. The molecule has 0 aliphatic heterocycles. The zero-order valence-electron chi connectivity index (χ0n) is 11.5. The molecule has 0 fully saturated rings. The standard InChI is InChI=1S/C16H16FN3/c1-19(2)16-18-14-5-3-4-6-15(14)20(16)11-12-7-9-13(17)10-8-12/h3-10H,11H2,1-2H3. The molecule has 1 aromatic heterocycles.